The molecule has 0 spiro atoms. The van der Waals surface area contributed by atoms with E-state index in [0.29, 0.717) is 16.9 Å². The van der Waals surface area contributed by atoms with Gasteiger partial charge in [0, 0.05) is 30.9 Å². The first-order valence-corrected chi connectivity index (χ1v) is 12.4. The van der Waals surface area contributed by atoms with E-state index in [2.05, 4.69) is 10.2 Å². The topological polar surface area (TPSA) is 73.0 Å². The van der Waals surface area contributed by atoms with Crippen LogP contribution < -0.4 is 15.1 Å². The van der Waals surface area contributed by atoms with Gasteiger partial charge in [-0.15, -0.1) is 0 Å². The average Bonchev–Trinajstić information content (AvgIpc) is 2.87. The highest BCUT2D eigenvalue weighted by Gasteiger charge is 2.40. The van der Waals surface area contributed by atoms with Gasteiger partial charge in [0.15, 0.2) is 0 Å². The second-order valence-corrected chi connectivity index (χ2v) is 9.60. The molecule has 34 heavy (non-hydrogen) atoms. The van der Waals surface area contributed by atoms with Crippen molar-refractivity contribution in [2.24, 2.45) is 0 Å². The van der Waals surface area contributed by atoms with Gasteiger partial charge in [0.25, 0.3) is 5.91 Å². The Morgan fingerprint density at radius 3 is 2.41 bits per heavy atom. The number of benzene rings is 2. The Morgan fingerprint density at radius 2 is 1.65 bits per heavy atom. The molecule has 178 valence electrons. The number of carbonyl (C=O) groups is 3. The lowest BCUT2D eigenvalue weighted by atomic mass is 9.95. The third-order valence-electron chi connectivity index (χ3n) is 7.16. The molecule has 3 amide bonds. The quantitative estimate of drug-likeness (QED) is 0.750. The zero-order valence-electron chi connectivity index (χ0n) is 19.8. The fourth-order valence-electron chi connectivity index (χ4n) is 5.31. The highest BCUT2D eigenvalue weighted by Crippen LogP contribution is 2.40. The number of likely N-dealkylation sites (tertiary alicyclic amines) is 1. The minimum absolute atomic E-state index is 0.000210. The van der Waals surface area contributed by atoms with Crippen LogP contribution in [0.15, 0.2) is 42.5 Å². The molecule has 7 heteroatoms. The Kier molecular flexibility index (Phi) is 6.26. The summed E-state index contributed by atoms with van der Waals surface area (Å²) in [6.07, 6.45) is 6.01. The van der Waals surface area contributed by atoms with Crippen LogP contribution >= 0.6 is 0 Å². The molecule has 2 aromatic rings. The lowest BCUT2D eigenvalue weighted by Gasteiger charge is -2.45. The van der Waals surface area contributed by atoms with Crippen LogP contribution in [0.3, 0.4) is 0 Å². The number of anilines is 3. The molecule has 3 aliphatic rings. The van der Waals surface area contributed by atoms with Gasteiger partial charge in [0.1, 0.15) is 12.6 Å². The van der Waals surface area contributed by atoms with E-state index in [0.717, 1.165) is 69.4 Å². The molecule has 2 aromatic carbocycles. The molecule has 0 saturated carbocycles. The Morgan fingerprint density at radius 1 is 0.912 bits per heavy atom. The molecular weight excluding hydrogens is 428 g/mol. The number of rotatable bonds is 4. The summed E-state index contributed by atoms with van der Waals surface area (Å²) in [6.45, 7) is 4.27. The number of hydrogen-bond acceptors (Lipinski definition) is 4. The minimum Gasteiger partial charge on any atom is -0.358 e. The number of fused-ring (bicyclic) bond motifs is 3. The molecule has 1 atom stereocenters. The predicted molar refractivity (Wildman–Crippen MR) is 133 cm³/mol. The number of nitrogens with zero attached hydrogens (tertiary/aromatic N) is 3. The smallest absolute Gasteiger partial charge is 0.253 e. The summed E-state index contributed by atoms with van der Waals surface area (Å²) >= 11 is 0. The molecule has 2 fully saturated rings. The van der Waals surface area contributed by atoms with Gasteiger partial charge in [-0.25, -0.2) is 0 Å². The second kappa shape index (κ2) is 9.49. The maximum atomic E-state index is 13.5. The zero-order chi connectivity index (χ0) is 23.7. The maximum absolute atomic E-state index is 13.5. The molecule has 2 saturated heterocycles. The van der Waals surface area contributed by atoms with Crippen LogP contribution in [0.25, 0.3) is 0 Å². The minimum atomic E-state index is -0.253. The van der Waals surface area contributed by atoms with Crippen molar-refractivity contribution in [1.29, 1.82) is 0 Å². The van der Waals surface area contributed by atoms with Crippen molar-refractivity contribution < 1.29 is 14.4 Å². The van der Waals surface area contributed by atoms with Crippen molar-refractivity contribution in [3.8, 4) is 0 Å². The molecule has 3 aliphatic heterocycles. The number of piperidine rings is 2. The third kappa shape index (κ3) is 4.39. The van der Waals surface area contributed by atoms with Crippen LogP contribution in [0.2, 0.25) is 0 Å². The van der Waals surface area contributed by atoms with Crippen molar-refractivity contribution in [3.05, 3.63) is 53.6 Å². The highest BCUT2D eigenvalue weighted by atomic mass is 16.2. The molecule has 5 rings (SSSR count). The van der Waals surface area contributed by atoms with Gasteiger partial charge in [-0.05, 0) is 75.8 Å². The molecule has 7 nitrogen and oxygen atoms in total. The van der Waals surface area contributed by atoms with Crippen LogP contribution in [0.1, 0.15) is 54.4 Å². The van der Waals surface area contributed by atoms with Crippen molar-refractivity contribution >= 4 is 34.8 Å². The molecule has 0 aromatic heterocycles. The van der Waals surface area contributed by atoms with E-state index in [1.54, 1.807) is 4.90 Å². The van der Waals surface area contributed by atoms with Gasteiger partial charge >= 0.3 is 0 Å². The first-order chi connectivity index (χ1) is 16.5. The fourth-order valence-corrected chi connectivity index (χ4v) is 5.31. The first kappa shape index (κ1) is 22.4. The molecule has 0 radical (unpaired) electrons. The van der Waals surface area contributed by atoms with Crippen LogP contribution in [-0.4, -0.2) is 54.8 Å². The van der Waals surface area contributed by atoms with E-state index in [-0.39, 0.29) is 30.3 Å². The van der Waals surface area contributed by atoms with Crippen LogP contribution in [0.4, 0.5) is 17.1 Å². The van der Waals surface area contributed by atoms with Crippen LogP contribution in [0, 0.1) is 6.92 Å². The molecule has 3 heterocycles. The normalized spacial score (nSPS) is 20.0. The first-order valence-electron chi connectivity index (χ1n) is 12.4. The van der Waals surface area contributed by atoms with E-state index < -0.39 is 0 Å². The highest BCUT2D eigenvalue weighted by molar-refractivity contribution is 6.11. The van der Waals surface area contributed by atoms with Gasteiger partial charge in [-0.1, -0.05) is 17.7 Å². The van der Waals surface area contributed by atoms with E-state index in [4.69, 9.17) is 0 Å². The third-order valence-corrected chi connectivity index (χ3v) is 7.16. The van der Waals surface area contributed by atoms with Gasteiger partial charge in [-0.3, -0.25) is 19.3 Å². The number of nitrogens with one attached hydrogen (secondary N) is 1. The fraction of sp³-hybridized carbons (Fsp3) is 0.444. The van der Waals surface area contributed by atoms with Gasteiger partial charge < -0.3 is 15.1 Å². The average molecular weight is 461 g/mol. The summed E-state index contributed by atoms with van der Waals surface area (Å²) < 4.78 is 0. The largest absolute Gasteiger partial charge is 0.358 e. The Labute approximate surface area is 200 Å². The summed E-state index contributed by atoms with van der Waals surface area (Å²) in [5, 5.41) is 2.91. The molecule has 0 unspecified atom stereocenters. The van der Waals surface area contributed by atoms with Gasteiger partial charge in [0.2, 0.25) is 11.8 Å². The number of hydrogen-bond donors (Lipinski definition) is 1. The molecule has 0 bridgehead atoms. The molecule has 0 aliphatic carbocycles. The molecular formula is C27H32N4O3. The van der Waals surface area contributed by atoms with Crippen molar-refractivity contribution in [2.75, 3.05) is 41.3 Å². The summed E-state index contributed by atoms with van der Waals surface area (Å²) in [7, 11) is 0. The van der Waals surface area contributed by atoms with E-state index in [1.165, 1.54) is 0 Å². The Hall–Kier alpha value is -3.35. The lowest BCUT2D eigenvalue weighted by Crippen LogP contribution is -2.56. The Bertz CT molecular complexity index is 1090. The summed E-state index contributed by atoms with van der Waals surface area (Å²) in [5.74, 6) is -0.311. The summed E-state index contributed by atoms with van der Waals surface area (Å²) in [4.78, 5) is 45.3. The number of aryl methyl sites for hydroxylation is 1. The second-order valence-electron chi connectivity index (χ2n) is 9.60. The summed E-state index contributed by atoms with van der Waals surface area (Å²) in [6, 6.07) is 13.0. The van der Waals surface area contributed by atoms with Crippen molar-refractivity contribution in [1.82, 2.24) is 4.90 Å². The van der Waals surface area contributed by atoms with Gasteiger partial charge in [0.05, 0.1) is 11.4 Å². The lowest BCUT2D eigenvalue weighted by molar-refractivity contribution is -0.123. The zero-order valence-corrected chi connectivity index (χ0v) is 19.8. The van der Waals surface area contributed by atoms with E-state index >= 15 is 0 Å². The van der Waals surface area contributed by atoms with Crippen molar-refractivity contribution in [2.45, 2.75) is 51.5 Å². The standard InChI is InChI=1S/C27H32N4O3/c1-19-8-11-21(12-9-19)28-25(32)18-31-24-17-20(26(33)29-14-4-2-5-15-29)10-13-22(24)30-16-6-3-7-23(30)27(31)34/h8-13,17,23H,2-7,14-16,18H2,1H3,(H,28,32)/t23-/m0/s1. The molecule has 1 N–H and O–H groups in total. The van der Waals surface area contributed by atoms with Gasteiger partial charge in [-0.2, -0.15) is 0 Å². The number of amides is 3. The summed E-state index contributed by atoms with van der Waals surface area (Å²) in [5.41, 5.74) is 3.98. The van der Waals surface area contributed by atoms with Crippen LogP contribution in [0.5, 0.6) is 0 Å². The Balaban J connectivity index is 1.44. The predicted octanol–water partition coefficient (Wildman–Crippen LogP) is 3.97. The monoisotopic (exact) mass is 460 g/mol. The maximum Gasteiger partial charge on any atom is 0.253 e. The van der Waals surface area contributed by atoms with E-state index in [1.807, 2.05) is 54.3 Å². The SMILES string of the molecule is Cc1ccc(NC(=O)CN2C(=O)[C@@H]3CCCCN3c3ccc(C(=O)N4CCCCC4)cc32)cc1. The van der Waals surface area contributed by atoms with Crippen molar-refractivity contribution in [3.63, 3.8) is 0 Å². The van der Waals surface area contributed by atoms with E-state index in [9.17, 15) is 14.4 Å². The number of carbonyl (C=O) groups excluding carboxylic acids is 3. The van der Waals surface area contributed by atoms with Crippen LogP contribution in [-0.2, 0) is 9.59 Å².